The number of carbonyl (C=O) groups is 1. The lowest BCUT2D eigenvalue weighted by Crippen LogP contribution is -2.40. The van der Waals surface area contributed by atoms with Gasteiger partial charge < -0.3 is 4.90 Å². The summed E-state index contributed by atoms with van der Waals surface area (Å²) < 4.78 is 68.2. The molecule has 0 aliphatic carbocycles. The molecule has 0 spiro atoms. The van der Waals surface area contributed by atoms with Crippen LogP contribution in [0.25, 0.3) is 5.82 Å². The van der Waals surface area contributed by atoms with E-state index in [-0.39, 0.29) is 6.54 Å². The Hall–Kier alpha value is -3.30. The van der Waals surface area contributed by atoms with Crippen molar-refractivity contribution in [2.75, 3.05) is 6.54 Å². The number of benzene rings is 1. The first kappa shape index (κ1) is 23.4. The molecule has 0 bridgehead atoms. The topological polar surface area (TPSA) is 51.0 Å². The van der Waals surface area contributed by atoms with Crippen LogP contribution in [0.3, 0.4) is 0 Å². The second-order valence-electron chi connectivity index (χ2n) is 6.87. The van der Waals surface area contributed by atoms with Gasteiger partial charge in [0.1, 0.15) is 23.8 Å². The average molecular weight is 452 g/mol. The van der Waals surface area contributed by atoms with Gasteiger partial charge in [-0.2, -0.15) is 13.2 Å². The van der Waals surface area contributed by atoms with E-state index in [0.29, 0.717) is 24.0 Å². The SMILES string of the molecule is CC.CC1c2ncn(-c3ccc(F)cn3)c2CCN1C(=O)c1cccc(C(F)(F)F)c1F. The minimum absolute atomic E-state index is 0.148. The molecule has 170 valence electrons. The molecule has 10 heteroatoms. The van der Waals surface area contributed by atoms with Crippen molar-refractivity contribution in [3.8, 4) is 5.82 Å². The predicted molar refractivity (Wildman–Crippen MR) is 107 cm³/mol. The molecule has 2 aromatic heterocycles. The second kappa shape index (κ2) is 9.05. The van der Waals surface area contributed by atoms with E-state index >= 15 is 0 Å². The Labute approximate surface area is 181 Å². The summed E-state index contributed by atoms with van der Waals surface area (Å²) in [4.78, 5) is 22.5. The maximum Gasteiger partial charge on any atom is 0.419 e. The Kier molecular flexibility index (Phi) is 6.61. The van der Waals surface area contributed by atoms with Gasteiger partial charge in [-0.15, -0.1) is 0 Å². The molecule has 0 saturated heterocycles. The number of carbonyl (C=O) groups excluding carboxylic acids is 1. The maximum atomic E-state index is 14.4. The first-order valence-corrected chi connectivity index (χ1v) is 10.0. The van der Waals surface area contributed by atoms with E-state index in [0.717, 1.165) is 24.0 Å². The molecule has 4 rings (SSSR count). The molecule has 1 aliphatic heterocycles. The number of hydrogen-bond donors (Lipinski definition) is 0. The van der Waals surface area contributed by atoms with E-state index in [1.807, 2.05) is 13.8 Å². The van der Waals surface area contributed by atoms with Crippen LogP contribution in [0.4, 0.5) is 22.0 Å². The Balaban J connectivity index is 0.00000141. The molecule has 1 amide bonds. The lowest BCUT2D eigenvalue weighted by Gasteiger charge is -2.33. The van der Waals surface area contributed by atoms with Gasteiger partial charge in [0.2, 0.25) is 0 Å². The lowest BCUT2D eigenvalue weighted by molar-refractivity contribution is -0.140. The van der Waals surface area contributed by atoms with Gasteiger partial charge >= 0.3 is 6.18 Å². The molecule has 0 fully saturated rings. The fourth-order valence-electron chi connectivity index (χ4n) is 3.61. The number of aromatic nitrogens is 3. The van der Waals surface area contributed by atoms with Crippen LogP contribution in [0.1, 0.15) is 54.1 Å². The highest BCUT2D eigenvalue weighted by molar-refractivity contribution is 5.95. The van der Waals surface area contributed by atoms with E-state index < -0.39 is 40.9 Å². The molecule has 0 radical (unpaired) electrons. The fraction of sp³-hybridized carbons (Fsp3) is 0.318. The van der Waals surface area contributed by atoms with Crippen molar-refractivity contribution in [2.24, 2.45) is 0 Å². The number of pyridine rings is 1. The van der Waals surface area contributed by atoms with Gasteiger partial charge in [0.25, 0.3) is 5.91 Å². The normalized spacial score (nSPS) is 15.6. The van der Waals surface area contributed by atoms with Crippen molar-refractivity contribution in [2.45, 2.75) is 39.4 Å². The Morgan fingerprint density at radius 2 is 1.81 bits per heavy atom. The maximum absolute atomic E-state index is 14.4. The van der Waals surface area contributed by atoms with E-state index in [2.05, 4.69) is 9.97 Å². The summed E-state index contributed by atoms with van der Waals surface area (Å²) in [6.07, 6.45) is -2.02. The zero-order chi connectivity index (χ0) is 23.6. The van der Waals surface area contributed by atoms with Gasteiger partial charge in [-0.05, 0) is 31.2 Å². The van der Waals surface area contributed by atoms with Gasteiger partial charge in [-0.25, -0.2) is 18.7 Å². The van der Waals surface area contributed by atoms with E-state index in [4.69, 9.17) is 0 Å². The lowest BCUT2D eigenvalue weighted by atomic mass is 10.0. The third-order valence-corrected chi connectivity index (χ3v) is 5.11. The van der Waals surface area contributed by atoms with Gasteiger partial charge in [0.05, 0.1) is 34.8 Å². The molecule has 32 heavy (non-hydrogen) atoms. The summed E-state index contributed by atoms with van der Waals surface area (Å²) in [6, 6.07) is 4.79. The molecule has 1 aromatic carbocycles. The van der Waals surface area contributed by atoms with E-state index in [9.17, 15) is 26.7 Å². The van der Waals surface area contributed by atoms with Crippen molar-refractivity contribution in [1.82, 2.24) is 19.4 Å². The average Bonchev–Trinajstić information content (AvgIpc) is 3.20. The monoisotopic (exact) mass is 452 g/mol. The summed E-state index contributed by atoms with van der Waals surface area (Å²) in [5, 5.41) is 0. The Morgan fingerprint density at radius 3 is 2.44 bits per heavy atom. The van der Waals surface area contributed by atoms with Crippen molar-refractivity contribution >= 4 is 5.91 Å². The van der Waals surface area contributed by atoms with Crippen LogP contribution in [0.15, 0.2) is 42.9 Å². The van der Waals surface area contributed by atoms with Gasteiger partial charge in [-0.1, -0.05) is 19.9 Å². The largest absolute Gasteiger partial charge is 0.419 e. The van der Waals surface area contributed by atoms with Crippen LogP contribution in [-0.2, 0) is 12.6 Å². The summed E-state index contributed by atoms with van der Waals surface area (Å²) in [5.74, 6) is -2.47. The number of alkyl halides is 3. The predicted octanol–water partition coefficient (Wildman–Crippen LogP) is 5.35. The first-order valence-electron chi connectivity index (χ1n) is 10.0. The molecular weight excluding hydrogens is 431 g/mol. The number of hydrogen-bond acceptors (Lipinski definition) is 3. The third-order valence-electron chi connectivity index (χ3n) is 5.11. The molecule has 1 atom stereocenters. The van der Waals surface area contributed by atoms with Crippen molar-refractivity contribution < 1.29 is 26.7 Å². The zero-order valence-electron chi connectivity index (χ0n) is 17.6. The molecule has 3 aromatic rings. The third kappa shape index (κ3) is 4.21. The standard InChI is InChI=1S/C20H15F5N4O.C2H6/c1-11-18-15(29(10-27-18)16-6-5-12(21)9-26-16)7-8-28(11)19(30)13-3-2-4-14(17(13)22)20(23,24)25;1-2/h2-6,9-11H,7-8H2,1H3;1-2H3. The molecular formula is C22H21F5N4O. The summed E-state index contributed by atoms with van der Waals surface area (Å²) >= 11 is 0. The molecule has 3 heterocycles. The van der Waals surface area contributed by atoms with Gasteiger partial charge in [0.15, 0.2) is 0 Å². The van der Waals surface area contributed by atoms with Crippen molar-refractivity contribution in [3.05, 3.63) is 77.0 Å². The number of amides is 1. The molecule has 1 unspecified atom stereocenters. The minimum Gasteiger partial charge on any atom is -0.330 e. The summed E-state index contributed by atoms with van der Waals surface area (Å²) in [7, 11) is 0. The number of imidazole rings is 1. The van der Waals surface area contributed by atoms with Crippen LogP contribution >= 0.6 is 0 Å². The fourth-order valence-corrected chi connectivity index (χ4v) is 3.61. The highest BCUT2D eigenvalue weighted by Crippen LogP contribution is 2.35. The zero-order valence-corrected chi connectivity index (χ0v) is 17.6. The highest BCUT2D eigenvalue weighted by atomic mass is 19.4. The smallest absolute Gasteiger partial charge is 0.330 e. The summed E-state index contributed by atoms with van der Waals surface area (Å²) in [5.41, 5.74) is -0.853. The van der Waals surface area contributed by atoms with E-state index in [1.165, 1.54) is 23.4 Å². The highest BCUT2D eigenvalue weighted by Gasteiger charge is 2.38. The van der Waals surface area contributed by atoms with Crippen molar-refractivity contribution in [3.63, 3.8) is 0 Å². The van der Waals surface area contributed by atoms with Gasteiger partial charge in [-0.3, -0.25) is 9.36 Å². The molecule has 0 N–H and O–H groups in total. The molecule has 0 saturated carbocycles. The first-order chi connectivity index (χ1) is 15.2. The number of fused-ring (bicyclic) bond motifs is 1. The van der Waals surface area contributed by atoms with Crippen LogP contribution in [0.2, 0.25) is 0 Å². The quantitative estimate of drug-likeness (QED) is 0.493. The van der Waals surface area contributed by atoms with E-state index in [1.54, 1.807) is 11.5 Å². The van der Waals surface area contributed by atoms with Crippen LogP contribution in [-0.4, -0.2) is 31.9 Å². The van der Waals surface area contributed by atoms with Crippen LogP contribution in [0.5, 0.6) is 0 Å². The number of nitrogens with zero attached hydrogens (tertiary/aromatic N) is 4. The Morgan fingerprint density at radius 1 is 1.09 bits per heavy atom. The summed E-state index contributed by atoms with van der Waals surface area (Å²) in [6.45, 7) is 5.81. The second-order valence-corrected chi connectivity index (χ2v) is 6.87. The van der Waals surface area contributed by atoms with Crippen molar-refractivity contribution in [1.29, 1.82) is 0 Å². The Bertz CT molecular complexity index is 1110. The number of halogens is 5. The minimum atomic E-state index is -4.90. The van der Waals surface area contributed by atoms with Crippen LogP contribution in [0, 0.1) is 11.6 Å². The molecule has 1 aliphatic rings. The number of rotatable bonds is 2. The molecule has 5 nitrogen and oxygen atoms in total. The van der Waals surface area contributed by atoms with Crippen LogP contribution < -0.4 is 0 Å². The van der Waals surface area contributed by atoms with Gasteiger partial charge in [0, 0.05) is 13.0 Å².